The highest BCUT2D eigenvalue weighted by atomic mass is 16.5. The van der Waals surface area contributed by atoms with Gasteiger partial charge in [0.05, 0.1) is 6.61 Å². The molecule has 3 N–H and O–H groups in total. The number of carbonyl (C=O) groups excluding carboxylic acids is 1. The number of carbonyl (C=O) groups is 1. The van der Waals surface area contributed by atoms with Crippen LogP contribution in [0.5, 0.6) is 5.75 Å². The predicted octanol–water partition coefficient (Wildman–Crippen LogP) is 2.77. The maximum absolute atomic E-state index is 12.0. The van der Waals surface area contributed by atoms with Crippen molar-refractivity contribution in [3.8, 4) is 5.75 Å². The molecule has 19 heavy (non-hydrogen) atoms. The van der Waals surface area contributed by atoms with Crippen molar-refractivity contribution in [2.24, 2.45) is 17.6 Å². The molecule has 1 aromatic rings. The zero-order valence-electron chi connectivity index (χ0n) is 12.2. The third kappa shape index (κ3) is 4.24. The summed E-state index contributed by atoms with van der Waals surface area (Å²) >= 11 is 0. The number of hydrogen-bond acceptors (Lipinski definition) is 3. The van der Waals surface area contributed by atoms with E-state index < -0.39 is 0 Å². The molecular formula is C15H24N2O2. The summed E-state index contributed by atoms with van der Waals surface area (Å²) in [6.07, 6.45) is 0. The minimum atomic E-state index is -0.0205. The smallest absolute Gasteiger partial charge is 0.227 e. The third-order valence-corrected chi connectivity index (χ3v) is 3.26. The second kappa shape index (κ2) is 7.14. The van der Waals surface area contributed by atoms with E-state index in [2.05, 4.69) is 5.32 Å². The first-order valence-electron chi connectivity index (χ1n) is 6.76. The number of anilines is 1. The predicted molar refractivity (Wildman–Crippen MR) is 78.1 cm³/mol. The van der Waals surface area contributed by atoms with E-state index >= 15 is 0 Å². The van der Waals surface area contributed by atoms with Crippen molar-refractivity contribution >= 4 is 11.6 Å². The van der Waals surface area contributed by atoms with Crippen molar-refractivity contribution in [1.82, 2.24) is 0 Å². The summed E-state index contributed by atoms with van der Waals surface area (Å²) in [5.74, 6) is 1.10. The molecular weight excluding hydrogens is 240 g/mol. The second-order valence-electron chi connectivity index (χ2n) is 4.98. The number of ether oxygens (including phenoxy) is 1. The fourth-order valence-electron chi connectivity index (χ4n) is 1.67. The maximum atomic E-state index is 12.0. The van der Waals surface area contributed by atoms with Crippen molar-refractivity contribution in [3.05, 3.63) is 23.8 Å². The van der Waals surface area contributed by atoms with Gasteiger partial charge < -0.3 is 15.8 Å². The molecule has 0 heterocycles. The first kappa shape index (κ1) is 15.5. The molecule has 0 aliphatic heterocycles. The fourth-order valence-corrected chi connectivity index (χ4v) is 1.67. The van der Waals surface area contributed by atoms with Gasteiger partial charge in [-0.25, -0.2) is 0 Å². The first-order valence-corrected chi connectivity index (χ1v) is 6.76. The van der Waals surface area contributed by atoms with Gasteiger partial charge in [0.2, 0.25) is 5.91 Å². The van der Waals surface area contributed by atoms with E-state index in [-0.39, 0.29) is 11.8 Å². The Labute approximate surface area is 115 Å². The van der Waals surface area contributed by atoms with Gasteiger partial charge in [-0.3, -0.25) is 4.79 Å². The lowest BCUT2D eigenvalue weighted by Gasteiger charge is -2.16. The molecule has 1 aromatic carbocycles. The highest BCUT2D eigenvalue weighted by Crippen LogP contribution is 2.23. The monoisotopic (exact) mass is 264 g/mol. The highest BCUT2D eigenvalue weighted by Gasteiger charge is 2.17. The summed E-state index contributed by atoms with van der Waals surface area (Å²) in [6, 6.07) is 5.56. The van der Waals surface area contributed by atoms with Crippen LogP contribution < -0.4 is 15.8 Å². The summed E-state index contributed by atoms with van der Waals surface area (Å²) in [6.45, 7) is 8.92. The average Bonchev–Trinajstić information content (AvgIpc) is 2.39. The van der Waals surface area contributed by atoms with Gasteiger partial charge in [0.15, 0.2) is 0 Å². The molecule has 0 bridgehead atoms. The molecule has 0 aliphatic carbocycles. The van der Waals surface area contributed by atoms with Crippen molar-refractivity contribution in [2.45, 2.75) is 34.2 Å². The molecule has 4 heteroatoms. The van der Waals surface area contributed by atoms with Crippen LogP contribution >= 0.6 is 0 Å². The Morgan fingerprint density at radius 2 is 2.05 bits per heavy atom. The summed E-state index contributed by atoms with van der Waals surface area (Å²) in [5.41, 5.74) is 7.36. The average molecular weight is 264 g/mol. The Balaban J connectivity index is 2.82. The maximum Gasteiger partial charge on any atom is 0.227 e. The standard InChI is InChI=1S/C15H24N2O2/c1-5-19-14-7-6-13(8-12(14)9-16)17-15(18)11(4)10(2)3/h6-8,10-11H,5,9,16H2,1-4H3,(H,17,18). The van der Waals surface area contributed by atoms with Gasteiger partial charge >= 0.3 is 0 Å². The largest absolute Gasteiger partial charge is 0.494 e. The van der Waals surface area contributed by atoms with Crippen LogP contribution in [0.2, 0.25) is 0 Å². The van der Waals surface area contributed by atoms with E-state index in [1.165, 1.54) is 0 Å². The molecule has 4 nitrogen and oxygen atoms in total. The lowest BCUT2D eigenvalue weighted by molar-refractivity contribution is -0.120. The fraction of sp³-hybridized carbons (Fsp3) is 0.533. The van der Waals surface area contributed by atoms with E-state index in [0.717, 1.165) is 17.0 Å². The SMILES string of the molecule is CCOc1ccc(NC(=O)C(C)C(C)C)cc1CN. The first-order chi connectivity index (χ1) is 8.99. The Morgan fingerprint density at radius 3 is 2.58 bits per heavy atom. The van der Waals surface area contributed by atoms with Crippen LogP contribution in [0.1, 0.15) is 33.3 Å². The summed E-state index contributed by atoms with van der Waals surface area (Å²) in [7, 11) is 0. The van der Waals surface area contributed by atoms with Crippen LogP contribution in [-0.4, -0.2) is 12.5 Å². The molecule has 0 aliphatic rings. The molecule has 1 rings (SSSR count). The van der Waals surface area contributed by atoms with Crippen LogP contribution in [0.4, 0.5) is 5.69 Å². The Kier molecular flexibility index (Phi) is 5.83. The van der Waals surface area contributed by atoms with Gasteiger partial charge in [-0.15, -0.1) is 0 Å². The van der Waals surface area contributed by atoms with Gasteiger partial charge in [0.25, 0.3) is 0 Å². The Bertz CT molecular complexity index is 430. The van der Waals surface area contributed by atoms with Crippen LogP contribution in [-0.2, 0) is 11.3 Å². The Hall–Kier alpha value is -1.55. The van der Waals surface area contributed by atoms with Crippen LogP contribution in [0.25, 0.3) is 0 Å². The normalized spacial score (nSPS) is 12.3. The van der Waals surface area contributed by atoms with Crippen molar-refractivity contribution in [2.75, 3.05) is 11.9 Å². The van der Waals surface area contributed by atoms with E-state index in [0.29, 0.717) is 19.1 Å². The van der Waals surface area contributed by atoms with Crippen molar-refractivity contribution in [3.63, 3.8) is 0 Å². The molecule has 0 saturated carbocycles. The van der Waals surface area contributed by atoms with Crippen molar-refractivity contribution in [1.29, 1.82) is 0 Å². The number of nitrogens with two attached hydrogens (primary N) is 1. The highest BCUT2D eigenvalue weighted by molar-refractivity contribution is 5.92. The third-order valence-electron chi connectivity index (χ3n) is 3.26. The van der Waals surface area contributed by atoms with Crippen LogP contribution in [0.15, 0.2) is 18.2 Å². The number of amides is 1. The number of nitrogens with one attached hydrogen (secondary N) is 1. The van der Waals surface area contributed by atoms with E-state index in [9.17, 15) is 4.79 Å². The van der Waals surface area contributed by atoms with Gasteiger partial charge in [-0.05, 0) is 31.0 Å². The zero-order valence-corrected chi connectivity index (χ0v) is 12.2. The van der Waals surface area contributed by atoms with E-state index in [1.807, 2.05) is 45.9 Å². The summed E-state index contributed by atoms with van der Waals surface area (Å²) in [4.78, 5) is 12.0. The summed E-state index contributed by atoms with van der Waals surface area (Å²) < 4.78 is 5.48. The minimum absolute atomic E-state index is 0.0205. The van der Waals surface area contributed by atoms with Crippen LogP contribution in [0, 0.1) is 11.8 Å². The molecule has 1 amide bonds. The molecule has 106 valence electrons. The lowest BCUT2D eigenvalue weighted by atomic mass is 9.97. The molecule has 0 fully saturated rings. The lowest BCUT2D eigenvalue weighted by Crippen LogP contribution is -2.24. The molecule has 1 atom stereocenters. The number of benzene rings is 1. The van der Waals surface area contributed by atoms with Gasteiger partial charge in [0.1, 0.15) is 5.75 Å². The van der Waals surface area contributed by atoms with Crippen LogP contribution in [0.3, 0.4) is 0 Å². The molecule has 0 aromatic heterocycles. The molecule has 0 radical (unpaired) electrons. The van der Waals surface area contributed by atoms with Crippen molar-refractivity contribution < 1.29 is 9.53 Å². The zero-order chi connectivity index (χ0) is 14.4. The number of rotatable bonds is 6. The quantitative estimate of drug-likeness (QED) is 0.830. The molecule has 1 unspecified atom stereocenters. The van der Waals surface area contributed by atoms with Gasteiger partial charge in [-0.1, -0.05) is 20.8 Å². The number of hydrogen-bond donors (Lipinski definition) is 2. The van der Waals surface area contributed by atoms with Gasteiger partial charge in [0, 0.05) is 23.7 Å². The topological polar surface area (TPSA) is 64.3 Å². The summed E-state index contributed by atoms with van der Waals surface area (Å²) in [5, 5.41) is 2.92. The molecule has 0 spiro atoms. The molecule has 0 saturated heterocycles. The Morgan fingerprint density at radius 1 is 1.37 bits per heavy atom. The van der Waals surface area contributed by atoms with Gasteiger partial charge in [-0.2, -0.15) is 0 Å². The van der Waals surface area contributed by atoms with E-state index in [1.54, 1.807) is 0 Å². The second-order valence-corrected chi connectivity index (χ2v) is 4.98. The minimum Gasteiger partial charge on any atom is -0.494 e. The van der Waals surface area contributed by atoms with E-state index in [4.69, 9.17) is 10.5 Å².